The Morgan fingerprint density at radius 2 is 2.22 bits per heavy atom. The van der Waals surface area contributed by atoms with Gasteiger partial charge in [0.05, 0.1) is 16.7 Å². The Hall–Kier alpha value is -1.73. The van der Waals surface area contributed by atoms with Gasteiger partial charge in [-0.05, 0) is 27.2 Å². The van der Waals surface area contributed by atoms with Gasteiger partial charge in [-0.25, -0.2) is 4.98 Å². The molecule has 1 amide bonds. The average molecular weight is 336 g/mol. The molecular weight excluding hydrogens is 312 g/mol. The van der Waals surface area contributed by atoms with Crippen molar-refractivity contribution >= 4 is 23.1 Å². The predicted octanol–water partition coefficient (Wildman–Crippen LogP) is 3.60. The van der Waals surface area contributed by atoms with Gasteiger partial charge in [0.15, 0.2) is 5.82 Å². The van der Waals surface area contributed by atoms with Crippen LogP contribution in [0.4, 0.5) is 5.82 Å². The molecular formula is C16H24N4O2S. The minimum Gasteiger partial charge on any atom is -0.360 e. The standard InChI is InChI=1S/C16H24N4O2S/c1-5-6-7-13(16(21)19-15-8-10(2)22-20-15)17-11(3)14-9-23-12(4)18-14/h8-9,11,13,17H,5-7H2,1-4H3,(H,19,20,21)/t11-,13-/m0/s1. The second-order valence-corrected chi connectivity index (χ2v) is 6.75. The third-order valence-corrected chi connectivity index (χ3v) is 4.37. The maximum atomic E-state index is 12.5. The Morgan fingerprint density at radius 3 is 2.78 bits per heavy atom. The van der Waals surface area contributed by atoms with Crippen LogP contribution in [-0.4, -0.2) is 22.1 Å². The number of rotatable bonds is 8. The summed E-state index contributed by atoms with van der Waals surface area (Å²) in [6.07, 6.45) is 2.79. The number of carbonyl (C=O) groups is 1. The molecule has 0 aliphatic rings. The van der Waals surface area contributed by atoms with Crippen LogP contribution in [0.3, 0.4) is 0 Å². The zero-order valence-corrected chi connectivity index (χ0v) is 14.9. The molecule has 0 bridgehead atoms. The van der Waals surface area contributed by atoms with Crippen molar-refractivity contribution in [1.29, 1.82) is 0 Å². The van der Waals surface area contributed by atoms with Crippen molar-refractivity contribution in [3.8, 4) is 0 Å². The fraction of sp³-hybridized carbons (Fsp3) is 0.562. The summed E-state index contributed by atoms with van der Waals surface area (Å²) in [7, 11) is 0. The van der Waals surface area contributed by atoms with Crippen molar-refractivity contribution < 1.29 is 9.32 Å². The van der Waals surface area contributed by atoms with E-state index in [9.17, 15) is 4.79 Å². The first kappa shape index (κ1) is 17.6. The highest BCUT2D eigenvalue weighted by atomic mass is 32.1. The van der Waals surface area contributed by atoms with E-state index in [0.717, 1.165) is 30.0 Å². The van der Waals surface area contributed by atoms with Crippen LogP contribution in [0.5, 0.6) is 0 Å². The lowest BCUT2D eigenvalue weighted by atomic mass is 10.1. The van der Waals surface area contributed by atoms with E-state index in [1.165, 1.54) is 0 Å². The summed E-state index contributed by atoms with van der Waals surface area (Å²) < 4.78 is 4.99. The highest BCUT2D eigenvalue weighted by Crippen LogP contribution is 2.18. The SMILES string of the molecule is CCCC[C@H](N[C@@H](C)c1csc(C)n1)C(=O)Nc1cc(C)on1. The van der Waals surface area contributed by atoms with E-state index in [4.69, 9.17) is 4.52 Å². The second kappa shape index (κ2) is 8.21. The summed E-state index contributed by atoms with van der Waals surface area (Å²) in [6, 6.07) is 1.44. The molecule has 0 fully saturated rings. The first-order chi connectivity index (χ1) is 11.0. The van der Waals surface area contributed by atoms with Crippen LogP contribution in [0, 0.1) is 13.8 Å². The molecule has 2 aromatic rings. The first-order valence-electron chi connectivity index (χ1n) is 7.91. The number of aryl methyl sites for hydroxylation is 2. The monoisotopic (exact) mass is 336 g/mol. The summed E-state index contributed by atoms with van der Waals surface area (Å²) in [4.78, 5) is 17.0. The molecule has 2 aromatic heterocycles. The Balaban J connectivity index is 2.01. The molecule has 2 rings (SSSR count). The third kappa shape index (κ3) is 5.14. The molecule has 0 spiro atoms. The van der Waals surface area contributed by atoms with E-state index in [-0.39, 0.29) is 18.0 Å². The number of thiazole rings is 1. The van der Waals surface area contributed by atoms with Crippen LogP contribution >= 0.6 is 11.3 Å². The summed E-state index contributed by atoms with van der Waals surface area (Å²) in [6.45, 7) is 7.92. The molecule has 126 valence electrons. The smallest absolute Gasteiger partial charge is 0.242 e. The van der Waals surface area contributed by atoms with Gasteiger partial charge >= 0.3 is 0 Å². The first-order valence-corrected chi connectivity index (χ1v) is 8.79. The minimum atomic E-state index is -0.288. The summed E-state index contributed by atoms with van der Waals surface area (Å²) in [5.41, 5.74) is 0.971. The van der Waals surface area contributed by atoms with Gasteiger partial charge in [-0.15, -0.1) is 11.3 Å². The normalized spacial score (nSPS) is 13.7. The molecule has 6 nitrogen and oxygen atoms in total. The molecule has 2 heterocycles. The van der Waals surface area contributed by atoms with Crippen molar-refractivity contribution in [3.63, 3.8) is 0 Å². The van der Waals surface area contributed by atoms with Crippen LogP contribution in [0.1, 0.15) is 55.6 Å². The molecule has 2 atom stereocenters. The number of unbranched alkanes of at least 4 members (excludes halogenated alkanes) is 1. The Kier molecular flexibility index (Phi) is 6.29. The Morgan fingerprint density at radius 1 is 1.43 bits per heavy atom. The molecule has 23 heavy (non-hydrogen) atoms. The van der Waals surface area contributed by atoms with Gasteiger partial charge in [0.1, 0.15) is 5.76 Å². The van der Waals surface area contributed by atoms with Crippen LogP contribution in [0.25, 0.3) is 0 Å². The minimum absolute atomic E-state index is 0.0200. The molecule has 0 unspecified atom stereocenters. The average Bonchev–Trinajstić information content (AvgIpc) is 3.11. The lowest BCUT2D eigenvalue weighted by Gasteiger charge is -2.21. The Bertz CT molecular complexity index is 638. The molecule has 7 heteroatoms. The summed E-state index contributed by atoms with van der Waals surface area (Å²) in [5.74, 6) is 1.03. The van der Waals surface area contributed by atoms with E-state index in [0.29, 0.717) is 11.6 Å². The molecule has 0 aliphatic carbocycles. The van der Waals surface area contributed by atoms with E-state index in [1.54, 1.807) is 24.3 Å². The molecule has 0 radical (unpaired) electrons. The Labute approximate surface area is 140 Å². The highest BCUT2D eigenvalue weighted by Gasteiger charge is 2.22. The molecule has 0 aromatic carbocycles. The fourth-order valence-corrected chi connectivity index (χ4v) is 3.01. The summed E-state index contributed by atoms with van der Waals surface area (Å²) in [5, 5.41) is 13.1. The van der Waals surface area contributed by atoms with E-state index >= 15 is 0 Å². The number of hydrogen-bond acceptors (Lipinski definition) is 6. The predicted molar refractivity (Wildman–Crippen MR) is 91.6 cm³/mol. The maximum absolute atomic E-state index is 12.5. The highest BCUT2D eigenvalue weighted by molar-refractivity contribution is 7.09. The zero-order valence-electron chi connectivity index (χ0n) is 14.0. The molecule has 0 saturated heterocycles. The van der Waals surface area contributed by atoms with Crippen LogP contribution in [-0.2, 0) is 4.79 Å². The summed E-state index contributed by atoms with van der Waals surface area (Å²) >= 11 is 1.62. The van der Waals surface area contributed by atoms with Crippen LogP contribution < -0.4 is 10.6 Å². The molecule has 2 N–H and O–H groups in total. The van der Waals surface area contributed by atoms with Crippen LogP contribution in [0.15, 0.2) is 16.0 Å². The molecule has 0 aliphatic heterocycles. The van der Waals surface area contributed by atoms with Crippen molar-refractivity contribution in [2.24, 2.45) is 0 Å². The number of amides is 1. The number of anilines is 1. The van der Waals surface area contributed by atoms with Gasteiger partial charge in [0.25, 0.3) is 0 Å². The topological polar surface area (TPSA) is 80.0 Å². The number of nitrogens with one attached hydrogen (secondary N) is 2. The number of aromatic nitrogens is 2. The van der Waals surface area contributed by atoms with E-state index in [1.807, 2.05) is 19.2 Å². The van der Waals surface area contributed by atoms with Gasteiger partial charge in [-0.3, -0.25) is 10.1 Å². The van der Waals surface area contributed by atoms with Crippen molar-refractivity contribution in [3.05, 3.63) is 27.9 Å². The number of carbonyl (C=O) groups excluding carboxylic acids is 1. The van der Waals surface area contributed by atoms with Crippen molar-refractivity contribution in [1.82, 2.24) is 15.5 Å². The lowest BCUT2D eigenvalue weighted by Crippen LogP contribution is -2.42. The van der Waals surface area contributed by atoms with E-state index in [2.05, 4.69) is 27.7 Å². The van der Waals surface area contributed by atoms with Gasteiger partial charge in [-0.1, -0.05) is 24.9 Å². The second-order valence-electron chi connectivity index (χ2n) is 5.69. The third-order valence-electron chi connectivity index (χ3n) is 3.57. The molecule has 0 saturated carbocycles. The van der Waals surface area contributed by atoms with Crippen molar-refractivity contribution in [2.75, 3.05) is 5.32 Å². The number of hydrogen-bond donors (Lipinski definition) is 2. The zero-order chi connectivity index (χ0) is 16.8. The van der Waals surface area contributed by atoms with Gasteiger partial charge in [0, 0.05) is 17.5 Å². The van der Waals surface area contributed by atoms with E-state index < -0.39 is 0 Å². The largest absolute Gasteiger partial charge is 0.360 e. The van der Waals surface area contributed by atoms with Crippen LogP contribution in [0.2, 0.25) is 0 Å². The van der Waals surface area contributed by atoms with Gasteiger partial charge in [0.2, 0.25) is 5.91 Å². The maximum Gasteiger partial charge on any atom is 0.242 e. The lowest BCUT2D eigenvalue weighted by molar-refractivity contribution is -0.118. The quantitative estimate of drug-likeness (QED) is 0.770. The fourth-order valence-electron chi connectivity index (χ4n) is 2.30. The van der Waals surface area contributed by atoms with Gasteiger partial charge < -0.3 is 9.84 Å². The number of nitrogens with zero attached hydrogens (tertiary/aromatic N) is 2. The van der Waals surface area contributed by atoms with Gasteiger partial charge in [-0.2, -0.15) is 0 Å². The van der Waals surface area contributed by atoms with Crippen molar-refractivity contribution in [2.45, 2.75) is 59.0 Å².